The van der Waals surface area contributed by atoms with Gasteiger partial charge in [-0.3, -0.25) is 0 Å². The van der Waals surface area contributed by atoms with Crippen molar-refractivity contribution in [1.29, 1.82) is 0 Å². The van der Waals surface area contributed by atoms with Crippen LogP contribution in [0.2, 0.25) is 0 Å². The van der Waals surface area contributed by atoms with Crippen molar-refractivity contribution in [2.75, 3.05) is 0 Å². The van der Waals surface area contributed by atoms with E-state index in [-0.39, 0.29) is 17.8 Å². The minimum Gasteiger partial charge on any atom is -0.339 e. The first-order valence-corrected chi connectivity index (χ1v) is 6.38. The molecule has 2 N–H and O–H groups in total. The molecule has 0 aliphatic rings. The van der Waals surface area contributed by atoms with Crippen LogP contribution < -0.4 is 5.73 Å². The lowest BCUT2D eigenvalue weighted by atomic mass is 9.99. The Labute approximate surface area is 111 Å². The van der Waals surface area contributed by atoms with Crippen LogP contribution in [0.4, 0.5) is 4.39 Å². The van der Waals surface area contributed by atoms with E-state index in [2.05, 4.69) is 10.1 Å². The molecule has 0 radical (unpaired) electrons. The molecule has 1 aromatic carbocycles. The SMILES string of the molecule is CCC(c1nc(-c2ccc(C)c(F)c2)no1)C(C)N. The maximum atomic E-state index is 13.5. The van der Waals surface area contributed by atoms with E-state index in [1.54, 1.807) is 19.1 Å². The summed E-state index contributed by atoms with van der Waals surface area (Å²) in [4.78, 5) is 4.32. The Morgan fingerprint density at radius 3 is 2.74 bits per heavy atom. The average Bonchev–Trinajstić information content (AvgIpc) is 2.82. The molecule has 19 heavy (non-hydrogen) atoms. The third kappa shape index (κ3) is 2.81. The van der Waals surface area contributed by atoms with Crippen molar-refractivity contribution < 1.29 is 8.91 Å². The summed E-state index contributed by atoms with van der Waals surface area (Å²) in [6.07, 6.45) is 0.821. The number of aryl methyl sites for hydroxylation is 1. The van der Waals surface area contributed by atoms with E-state index in [0.29, 0.717) is 22.8 Å². The number of hydrogen-bond donors (Lipinski definition) is 1. The number of halogens is 1. The largest absolute Gasteiger partial charge is 0.339 e. The van der Waals surface area contributed by atoms with Crippen LogP contribution in [0.25, 0.3) is 11.4 Å². The molecule has 102 valence electrons. The van der Waals surface area contributed by atoms with Gasteiger partial charge >= 0.3 is 0 Å². The Hall–Kier alpha value is -1.75. The van der Waals surface area contributed by atoms with Crippen LogP contribution in [-0.4, -0.2) is 16.2 Å². The maximum Gasteiger partial charge on any atom is 0.231 e. The molecule has 2 atom stereocenters. The molecule has 5 heteroatoms. The summed E-state index contributed by atoms with van der Waals surface area (Å²) >= 11 is 0. The predicted molar refractivity (Wildman–Crippen MR) is 71.1 cm³/mol. The predicted octanol–water partition coefficient (Wildman–Crippen LogP) is 3.02. The van der Waals surface area contributed by atoms with Gasteiger partial charge in [0.15, 0.2) is 0 Å². The first-order chi connectivity index (χ1) is 9.02. The number of rotatable bonds is 4. The second-order valence-electron chi connectivity index (χ2n) is 4.79. The van der Waals surface area contributed by atoms with Crippen LogP contribution in [-0.2, 0) is 0 Å². The topological polar surface area (TPSA) is 64.9 Å². The summed E-state index contributed by atoms with van der Waals surface area (Å²) in [5.74, 6) is 0.654. The highest BCUT2D eigenvalue weighted by atomic mass is 19.1. The average molecular weight is 263 g/mol. The molecule has 0 saturated carbocycles. The Balaban J connectivity index is 2.32. The highest BCUT2D eigenvalue weighted by Gasteiger charge is 2.21. The fourth-order valence-corrected chi connectivity index (χ4v) is 2.01. The lowest BCUT2D eigenvalue weighted by Gasteiger charge is -2.13. The summed E-state index contributed by atoms with van der Waals surface area (Å²) < 4.78 is 18.8. The summed E-state index contributed by atoms with van der Waals surface area (Å²) in [5, 5.41) is 3.90. The maximum absolute atomic E-state index is 13.5. The fourth-order valence-electron chi connectivity index (χ4n) is 2.01. The van der Waals surface area contributed by atoms with E-state index in [1.807, 2.05) is 13.8 Å². The van der Waals surface area contributed by atoms with Gasteiger partial charge in [0.1, 0.15) is 5.82 Å². The van der Waals surface area contributed by atoms with Crippen molar-refractivity contribution in [2.45, 2.75) is 39.2 Å². The number of benzene rings is 1. The van der Waals surface area contributed by atoms with Crippen LogP contribution in [0.1, 0.15) is 37.6 Å². The Morgan fingerprint density at radius 1 is 1.42 bits per heavy atom. The minimum absolute atomic E-state index is 0.0246. The van der Waals surface area contributed by atoms with E-state index in [1.165, 1.54) is 6.07 Å². The number of aromatic nitrogens is 2. The van der Waals surface area contributed by atoms with Gasteiger partial charge in [0.2, 0.25) is 11.7 Å². The first kappa shape index (κ1) is 13.7. The quantitative estimate of drug-likeness (QED) is 0.920. The molecule has 0 fully saturated rings. The molecule has 1 aromatic heterocycles. The molecule has 0 aliphatic heterocycles. The first-order valence-electron chi connectivity index (χ1n) is 6.38. The molecular formula is C14H18FN3O. The smallest absolute Gasteiger partial charge is 0.231 e. The van der Waals surface area contributed by atoms with E-state index < -0.39 is 0 Å². The minimum atomic E-state index is -0.275. The fraction of sp³-hybridized carbons (Fsp3) is 0.429. The Kier molecular flexibility index (Phi) is 3.95. The van der Waals surface area contributed by atoms with Crippen molar-refractivity contribution >= 4 is 0 Å². The molecule has 1 heterocycles. The molecule has 0 aliphatic carbocycles. The van der Waals surface area contributed by atoms with Gasteiger partial charge in [0.05, 0.1) is 5.92 Å². The van der Waals surface area contributed by atoms with Crippen LogP contribution >= 0.6 is 0 Å². The highest BCUT2D eigenvalue weighted by Crippen LogP contribution is 2.24. The van der Waals surface area contributed by atoms with Crippen LogP contribution in [0.3, 0.4) is 0 Å². The zero-order chi connectivity index (χ0) is 14.0. The van der Waals surface area contributed by atoms with Crippen molar-refractivity contribution in [1.82, 2.24) is 10.1 Å². The van der Waals surface area contributed by atoms with Crippen molar-refractivity contribution in [3.63, 3.8) is 0 Å². The van der Waals surface area contributed by atoms with Gasteiger partial charge in [0, 0.05) is 11.6 Å². The third-order valence-electron chi connectivity index (χ3n) is 3.26. The molecule has 0 bridgehead atoms. The number of nitrogens with two attached hydrogens (primary N) is 1. The zero-order valence-electron chi connectivity index (χ0n) is 11.4. The van der Waals surface area contributed by atoms with Gasteiger partial charge < -0.3 is 10.3 Å². The lowest BCUT2D eigenvalue weighted by Crippen LogP contribution is -2.24. The van der Waals surface area contributed by atoms with Gasteiger partial charge in [-0.2, -0.15) is 4.98 Å². The van der Waals surface area contributed by atoms with Crippen LogP contribution in [0.5, 0.6) is 0 Å². The third-order valence-corrected chi connectivity index (χ3v) is 3.26. The number of hydrogen-bond acceptors (Lipinski definition) is 4. The zero-order valence-corrected chi connectivity index (χ0v) is 11.4. The molecule has 0 amide bonds. The van der Waals surface area contributed by atoms with E-state index in [4.69, 9.17) is 10.3 Å². The molecule has 4 nitrogen and oxygen atoms in total. The van der Waals surface area contributed by atoms with Gasteiger partial charge in [-0.25, -0.2) is 4.39 Å². The Morgan fingerprint density at radius 2 is 2.16 bits per heavy atom. The number of nitrogens with zero attached hydrogens (tertiary/aromatic N) is 2. The molecule has 0 spiro atoms. The summed E-state index contributed by atoms with van der Waals surface area (Å²) in [5.41, 5.74) is 7.08. The van der Waals surface area contributed by atoms with Crippen molar-refractivity contribution in [2.24, 2.45) is 5.73 Å². The summed E-state index contributed by atoms with van der Waals surface area (Å²) in [6, 6.07) is 4.83. The Bertz CT molecular complexity index is 566. The molecule has 2 aromatic rings. The van der Waals surface area contributed by atoms with Gasteiger partial charge in [0.25, 0.3) is 0 Å². The van der Waals surface area contributed by atoms with Crippen molar-refractivity contribution in [3.8, 4) is 11.4 Å². The van der Waals surface area contributed by atoms with E-state index in [9.17, 15) is 4.39 Å². The molecular weight excluding hydrogens is 245 g/mol. The standard InChI is InChI=1S/C14H18FN3O/c1-4-11(9(3)16)14-17-13(18-19-14)10-6-5-8(2)12(15)7-10/h5-7,9,11H,4,16H2,1-3H3. The van der Waals surface area contributed by atoms with Crippen LogP contribution in [0, 0.1) is 12.7 Å². The van der Waals surface area contributed by atoms with Crippen LogP contribution in [0.15, 0.2) is 22.7 Å². The van der Waals surface area contributed by atoms with E-state index >= 15 is 0 Å². The monoisotopic (exact) mass is 263 g/mol. The molecule has 2 rings (SSSR count). The van der Waals surface area contributed by atoms with Gasteiger partial charge in [-0.15, -0.1) is 0 Å². The molecule has 2 unspecified atom stereocenters. The van der Waals surface area contributed by atoms with Gasteiger partial charge in [-0.05, 0) is 31.9 Å². The second kappa shape index (κ2) is 5.48. The molecule has 0 saturated heterocycles. The van der Waals surface area contributed by atoms with Gasteiger partial charge in [-0.1, -0.05) is 24.2 Å². The summed E-state index contributed by atoms with van der Waals surface area (Å²) in [6.45, 7) is 5.64. The second-order valence-corrected chi connectivity index (χ2v) is 4.79. The van der Waals surface area contributed by atoms with Crippen molar-refractivity contribution in [3.05, 3.63) is 35.5 Å². The normalized spacial score (nSPS) is 14.4. The highest BCUT2D eigenvalue weighted by molar-refractivity contribution is 5.55. The lowest BCUT2D eigenvalue weighted by molar-refractivity contribution is 0.334. The summed E-state index contributed by atoms with van der Waals surface area (Å²) in [7, 11) is 0. The van der Waals surface area contributed by atoms with E-state index in [0.717, 1.165) is 6.42 Å².